The number of halogens is 2. The molecule has 0 heterocycles. The molecule has 0 radical (unpaired) electrons. The Morgan fingerprint density at radius 3 is 2.47 bits per heavy atom. The molecule has 2 rings (SSSR count). The van der Waals surface area contributed by atoms with E-state index in [0.29, 0.717) is 10.6 Å². The molecule has 98 valence electrons. The molecule has 0 atom stereocenters. The summed E-state index contributed by atoms with van der Waals surface area (Å²) in [6.07, 6.45) is 0. The van der Waals surface area contributed by atoms with Crippen LogP contribution in [0.3, 0.4) is 0 Å². The highest BCUT2D eigenvalue weighted by molar-refractivity contribution is 9.10. The predicted octanol–water partition coefficient (Wildman–Crippen LogP) is 4.97. The molecule has 0 bridgehead atoms. The molecule has 0 spiro atoms. The second kappa shape index (κ2) is 5.76. The predicted molar refractivity (Wildman–Crippen MR) is 83.0 cm³/mol. The van der Waals surface area contributed by atoms with Crippen molar-refractivity contribution in [3.8, 4) is 0 Å². The number of nitrogens with one attached hydrogen (secondary N) is 1. The quantitative estimate of drug-likeness (QED) is 0.823. The van der Waals surface area contributed by atoms with Crippen LogP contribution < -0.4 is 5.32 Å². The SMILES string of the molecule is Cc1ccc(C(=O)Nc2ccc(Br)c(C)c2)cc1Cl. The first kappa shape index (κ1) is 14.1. The third kappa shape index (κ3) is 3.37. The maximum atomic E-state index is 12.1. The van der Waals surface area contributed by atoms with Crippen molar-refractivity contribution >= 4 is 39.1 Å². The van der Waals surface area contributed by atoms with Crippen LogP contribution in [0.2, 0.25) is 5.02 Å². The highest BCUT2D eigenvalue weighted by Gasteiger charge is 2.08. The minimum Gasteiger partial charge on any atom is -0.322 e. The van der Waals surface area contributed by atoms with Crippen LogP contribution in [0.1, 0.15) is 21.5 Å². The number of benzene rings is 2. The molecule has 0 aromatic heterocycles. The van der Waals surface area contributed by atoms with Gasteiger partial charge in [-0.2, -0.15) is 0 Å². The summed E-state index contributed by atoms with van der Waals surface area (Å²) in [5, 5.41) is 3.45. The van der Waals surface area contributed by atoms with Crippen LogP contribution in [0, 0.1) is 13.8 Å². The number of aryl methyl sites for hydroxylation is 2. The van der Waals surface area contributed by atoms with Gasteiger partial charge in [0.1, 0.15) is 0 Å². The van der Waals surface area contributed by atoms with Crippen LogP contribution in [-0.2, 0) is 0 Å². The molecule has 0 aliphatic carbocycles. The maximum Gasteiger partial charge on any atom is 0.255 e. The average molecular weight is 339 g/mol. The fourth-order valence-corrected chi connectivity index (χ4v) is 2.09. The first-order valence-corrected chi connectivity index (χ1v) is 6.98. The van der Waals surface area contributed by atoms with Crippen LogP contribution in [0.15, 0.2) is 40.9 Å². The fourth-order valence-electron chi connectivity index (χ4n) is 1.66. The van der Waals surface area contributed by atoms with Crippen molar-refractivity contribution in [2.45, 2.75) is 13.8 Å². The largest absolute Gasteiger partial charge is 0.322 e. The number of rotatable bonds is 2. The fraction of sp³-hybridized carbons (Fsp3) is 0.133. The minimum atomic E-state index is -0.163. The summed E-state index contributed by atoms with van der Waals surface area (Å²) in [7, 11) is 0. The second-order valence-corrected chi connectivity index (χ2v) is 5.64. The lowest BCUT2D eigenvalue weighted by Gasteiger charge is -2.08. The zero-order valence-electron chi connectivity index (χ0n) is 10.6. The summed E-state index contributed by atoms with van der Waals surface area (Å²) in [4.78, 5) is 12.1. The molecule has 1 N–H and O–H groups in total. The molecule has 0 aliphatic rings. The van der Waals surface area contributed by atoms with Crippen molar-refractivity contribution in [3.63, 3.8) is 0 Å². The van der Waals surface area contributed by atoms with Crippen molar-refractivity contribution in [1.29, 1.82) is 0 Å². The summed E-state index contributed by atoms with van der Waals surface area (Å²) in [5.41, 5.74) is 3.34. The van der Waals surface area contributed by atoms with Crippen LogP contribution in [0.5, 0.6) is 0 Å². The van der Waals surface area contributed by atoms with E-state index in [0.717, 1.165) is 21.3 Å². The van der Waals surface area contributed by atoms with Gasteiger partial charge in [0.25, 0.3) is 5.91 Å². The Morgan fingerprint density at radius 1 is 1.11 bits per heavy atom. The van der Waals surface area contributed by atoms with Crippen molar-refractivity contribution in [2.75, 3.05) is 5.32 Å². The highest BCUT2D eigenvalue weighted by Crippen LogP contribution is 2.21. The molecular weight excluding hydrogens is 326 g/mol. The van der Waals surface area contributed by atoms with Gasteiger partial charge in [-0.05, 0) is 55.3 Å². The lowest BCUT2D eigenvalue weighted by molar-refractivity contribution is 0.102. The number of hydrogen-bond donors (Lipinski definition) is 1. The van der Waals surface area contributed by atoms with E-state index in [1.807, 2.05) is 38.1 Å². The first-order valence-electron chi connectivity index (χ1n) is 5.81. The van der Waals surface area contributed by atoms with E-state index in [-0.39, 0.29) is 5.91 Å². The monoisotopic (exact) mass is 337 g/mol. The lowest BCUT2D eigenvalue weighted by Crippen LogP contribution is -2.12. The highest BCUT2D eigenvalue weighted by atomic mass is 79.9. The second-order valence-electron chi connectivity index (χ2n) is 4.38. The molecule has 19 heavy (non-hydrogen) atoms. The molecule has 0 aliphatic heterocycles. The minimum absolute atomic E-state index is 0.163. The number of carbonyl (C=O) groups is 1. The summed E-state index contributed by atoms with van der Waals surface area (Å²) in [6.45, 7) is 3.88. The number of amides is 1. The van der Waals surface area contributed by atoms with Crippen LogP contribution in [-0.4, -0.2) is 5.91 Å². The van der Waals surface area contributed by atoms with Gasteiger partial charge in [0.05, 0.1) is 0 Å². The molecule has 2 nitrogen and oxygen atoms in total. The number of anilines is 1. The Hall–Kier alpha value is -1.32. The lowest BCUT2D eigenvalue weighted by atomic mass is 10.1. The Kier molecular flexibility index (Phi) is 4.27. The topological polar surface area (TPSA) is 29.1 Å². The summed E-state index contributed by atoms with van der Waals surface area (Å²) >= 11 is 9.45. The summed E-state index contributed by atoms with van der Waals surface area (Å²) in [5.74, 6) is -0.163. The Morgan fingerprint density at radius 2 is 1.84 bits per heavy atom. The first-order chi connectivity index (χ1) is 8.97. The van der Waals surface area contributed by atoms with Gasteiger partial charge in [-0.3, -0.25) is 4.79 Å². The number of hydrogen-bond acceptors (Lipinski definition) is 1. The Labute approximate surface area is 125 Å². The zero-order valence-corrected chi connectivity index (χ0v) is 13.0. The molecule has 2 aromatic rings. The van der Waals surface area contributed by atoms with Gasteiger partial charge in [-0.15, -0.1) is 0 Å². The van der Waals surface area contributed by atoms with E-state index in [1.165, 1.54) is 0 Å². The van der Waals surface area contributed by atoms with Gasteiger partial charge in [-0.25, -0.2) is 0 Å². The smallest absolute Gasteiger partial charge is 0.255 e. The normalized spacial score (nSPS) is 10.3. The third-order valence-electron chi connectivity index (χ3n) is 2.85. The van der Waals surface area contributed by atoms with E-state index in [4.69, 9.17) is 11.6 Å². The van der Waals surface area contributed by atoms with E-state index in [2.05, 4.69) is 21.2 Å². The van der Waals surface area contributed by atoms with Gasteiger partial charge in [0.15, 0.2) is 0 Å². The van der Waals surface area contributed by atoms with Crippen molar-refractivity contribution in [1.82, 2.24) is 0 Å². The Bertz CT molecular complexity index is 640. The average Bonchev–Trinajstić information content (AvgIpc) is 2.37. The number of carbonyl (C=O) groups excluding carboxylic acids is 1. The molecule has 4 heteroatoms. The molecule has 0 saturated carbocycles. The van der Waals surface area contributed by atoms with Gasteiger partial charge >= 0.3 is 0 Å². The van der Waals surface area contributed by atoms with E-state index in [9.17, 15) is 4.79 Å². The molecule has 2 aromatic carbocycles. The van der Waals surface area contributed by atoms with Gasteiger partial charge in [0, 0.05) is 20.7 Å². The van der Waals surface area contributed by atoms with Gasteiger partial charge in [0.2, 0.25) is 0 Å². The third-order valence-corrected chi connectivity index (χ3v) is 4.15. The summed E-state index contributed by atoms with van der Waals surface area (Å²) < 4.78 is 1.02. The molecule has 1 amide bonds. The summed E-state index contributed by atoms with van der Waals surface area (Å²) in [6, 6.07) is 11.0. The zero-order chi connectivity index (χ0) is 14.0. The maximum absolute atomic E-state index is 12.1. The van der Waals surface area contributed by atoms with E-state index < -0.39 is 0 Å². The van der Waals surface area contributed by atoms with Crippen LogP contribution in [0.25, 0.3) is 0 Å². The van der Waals surface area contributed by atoms with E-state index >= 15 is 0 Å². The Balaban J connectivity index is 2.20. The van der Waals surface area contributed by atoms with Crippen molar-refractivity contribution in [3.05, 3.63) is 62.6 Å². The standard InChI is InChI=1S/C15H13BrClNO/c1-9-3-4-11(8-14(9)17)15(19)18-12-5-6-13(16)10(2)7-12/h3-8H,1-2H3,(H,18,19). The molecular formula is C15H13BrClNO. The van der Waals surface area contributed by atoms with Crippen molar-refractivity contribution < 1.29 is 4.79 Å². The van der Waals surface area contributed by atoms with Crippen LogP contribution in [0.4, 0.5) is 5.69 Å². The molecule has 0 fully saturated rings. The van der Waals surface area contributed by atoms with Gasteiger partial charge in [-0.1, -0.05) is 33.6 Å². The van der Waals surface area contributed by atoms with Crippen molar-refractivity contribution in [2.24, 2.45) is 0 Å². The van der Waals surface area contributed by atoms with Crippen LogP contribution >= 0.6 is 27.5 Å². The molecule has 0 saturated heterocycles. The van der Waals surface area contributed by atoms with E-state index in [1.54, 1.807) is 12.1 Å². The van der Waals surface area contributed by atoms with Gasteiger partial charge < -0.3 is 5.32 Å². The molecule has 0 unspecified atom stereocenters.